The van der Waals surface area contributed by atoms with Gasteiger partial charge in [0.15, 0.2) is 11.5 Å². The van der Waals surface area contributed by atoms with Gasteiger partial charge in [-0.2, -0.15) is 5.10 Å². The maximum Gasteiger partial charge on any atom is 0.307 e. The predicted octanol–water partition coefficient (Wildman–Crippen LogP) is 1.45. The van der Waals surface area contributed by atoms with Crippen molar-refractivity contribution < 1.29 is 9.90 Å². The van der Waals surface area contributed by atoms with Crippen LogP contribution in [0.25, 0.3) is 17.0 Å². The van der Waals surface area contributed by atoms with Gasteiger partial charge in [0.2, 0.25) is 0 Å². The van der Waals surface area contributed by atoms with Gasteiger partial charge in [-0.05, 0) is 26.0 Å². The fourth-order valence-corrected chi connectivity index (χ4v) is 2.27. The van der Waals surface area contributed by atoms with Crippen molar-refractivity contribution in [3.63, 3.8) is 0 Å². The lowest BCUT2D eigenvalue weighted by molar-refractivity contribution is -0.136. The quantitative estimate of drug-likeness (QED) is 0.782. The maximum absolute atomic E-state index is 10.9. The summed E-state index contributed by atoms with van der Waals surface area (Å²) in [7, 11) is 0. The van der Waals surface area contributed by atoms with Crippen molar-refractivity contribution >= 4 is 17.1 Å². The Hall–Kier alpha value is -2.83. The summed E-state index contributed by atoms with van der Waals surface area (Å²) in [5.41, 5.74) is 3.40. The van der Waals surface area contributed by atoms with Crippen molar-refractivity contribution in [2.24, 2.45) is 0 Å². The molecule has 0 unspecified atom stereocenters. The normalized spacial score (nSPS) is 11.0. The number of fused-ring (bicyclic) bond motifs is 1. The molecular weight excluding hydrogens is 270 g/mol. The summed E-state index contributed by atoms with van der Waals surface area (Å²) in [5, 5.41) is 13.3. The topological polar surface area (TPSA) is 93.8 Å². The fraction of sp³-hybridized carbons (Fsp3) is 0.214. The van der Waals surface area contributed by atoms with Gasteiger partial charge in [-0.3, -0.25) is 9.78 Å². The minimum atomic E-state index is -0.877. The van der Waals surface area contributed by atoms with E-state index in [0.29, 0.717) is 28.2 Å². The Labute approximate surface area is 120 Å². The van der Waals surface area contributed by atoms with E-state index in [1.54, 1.807) is 30.1 Å². The maximum atomic E-state index is 10.9. The molecule has 3 aromatic heterocycles. The third-order valence-corrected chi connectivity index (χ3v) is 3.30. The molecule has 0 aromatic carbocycles. The molecule has 0 amide bonds. The van der Waals surface area contributed by atoms with Crippen molar-refractivity contribution in [3.05, 3.63) is 41.5 Å². The second kappa shape index (κ2) is 4.93. The Morgan fingerprint density at radius 1 is 1.24 bits per heavy atom. The van der Waals surface area contributed by atoms with Crippen LogP contribution >= 0.6 is 0 Å². The van der Waals surface area contributed by atoms with Crippen LogP contribution in [0.2, 0.25) is 0 Å². The van der Waals surface area contributed by atoms with Gasteiger partial charge in [-0.25, -0.2) is 14.6 Å². The summed E-state index contributed by atoms with van der Waals surface area (Å²) in [6.07, 6.45) is 3.14. The minimum absolute atomic E-state index is 0.0505. The van der Waals surface area contributed by atoms with E-state index < -0.39 is 5.97 Å². The zero-order valence-electron chi connectivity index (χ0n) is 11.6. The Morgan fingerprint density at radius 3 is 2.76 bits per heavy atom. The number of nitrogens with zero attached hydrogens (tertiary/aromatic N) is 5. The number of aromatic nitrogens is 5. The van der Waals surface area contributed by atoms with Gasteiger partial charge in [-0.15, -0.1) is 0 Å². The standard InChI is InChI=1S/C14H13N5O2/c1-8-10(7-13(20)21)9(2)19(18-8)12-4-3-11-14(17-12)16-6-5-15-11/h3-6H,7H2,1-2H3,(H,20,21). The largest absolute Gasteiger partial charge is 0.481 e. The summed E-state index contributed by atoms with van der Waals surface area (Å²) >= 11 is 0. The number of hydrogen-bond donors (Lipinski definition) is 1. The first kappa shape index (κ1) is 13.2. The van der Waals surface area contributed by atoms with Gasteiger partial charge in [0.05, 0.1) is 12.1 Å². The van der Waals surface area contributed by atoms with E-state index in [2.05, 4.69) is 20.1 Å². The highest BCUT2D eigenvalue weighted by molar-refractivity contribution is 5.71. The molecule has 3 heterocycles. The first-order valence-electron chi connectivity index (χ1n) is 6.41. The number of aliphatic carboxylic acids is 1. The average molecular weight is 283 g/mol. The molecule has 7 heteroatoms. The van der Waals surface area contributed by atoms with Crippen molar-refractivity contribution in [1.29, 1.82) is 0 Å². The van der Waals surface area contributed by atoms with Crippen LogP contribution in [-0.2, 0) is 11.2 Å². The second-order valence-corrected chi connectivity index (χ2v) is 4.70. The lowest BCUT2D eigenvalue weighted by Crippen LogP contribution is -2.05. The Morgan fingerprint density at radius 2 is 2.00 bits per heavy atom. The number of rotatable bonds is 3. The highest BCUT2D eigenvalue weighted by atomic mass is 16.4. The molecule has 0 atom stereocenters. The summed E-state index contributed by atoms with van der Waals surface area (Å²) in [6.45, 7) is 3.63. The second-order valence-electron chi connectivity index (χ2n) is 4.70. The third kappa shape index (κ3) is 2.33. The lowest BCUT2D eigenvalue weighted by Gasteiger charge is -2.04. The minimum Gasteiger partial charge on any atom is -0.481 e. The van der Waals surface area contributed by atoms with Gasteiger partial charge >= 0.3 is 5.97 Å². The van der Waals surface area contributed by atoms with E-state index in [-0.39, 0.29) is 6.42 Å². The highest BCUT2D eigenvalue weighted by Crippen LogP contribution is 2.18. The third-order valence-electron chi connectivity index (χ3n) is 3.30. The number of carboxylic acids is 1. The van der Waals surface area contributed by atoms with Crippen LogP contribution < -0.4 is 0 Å². The first-order chi connectivity index (χ1) is 10.1. The monoisotopic (exact) mass is 283 g/mol. The van der Waals surface area contributed by atoms with Crippen molar-refractivity contribution in [2.75, 3.05) is 0 Å². The van der Waals surface area contributed by atoms with Crippen LogP contribution in [0.4, 0.5) is 0 Å². The number of hydrogen-bond acceptors (Lipinski definition) is 5. The Bertz CT molecular complexity index is 840. The van der Waals surface area contributed by atoms with Gasteiger partial charge in [0.25, 0.3) is 0 Å². The molecule has 0 saturated heterocycles. The van der Waals surface area contributed by atoms with E-state index in [9.17, 15) is 4.79 Å². The molecule has 0 aliphatic heterocycles. The molecule has 3 rings (SSSR count). The average Bonchev–Trinajstić information content (AvgIpc) is 2.74. The smallest absolute Gasteiger partial charge is 0.307 e. The molecule has 3 aromatic rings. The molecule has 0 spiro atoms. The summed E-state index contributed by atoms with van der Waals surface area (Å²) in [4.78, 5) is 23.7. The van der Waals surface area contributed by atoms with E-state index in [0.717, 1.165) is 5.69 Å². The number of carboxylic acid groups (broad SMARTS) is 1. The molecule has 0 aliphatic carbocycles. The zero-order chi connectivity index (χ0) is 15.0. The van der Waals surface area contributed by atoms with Crippen LogP contribution in [-0.4, -0.2) is 35.8 Å². The van der Waals surface area contributed by atoms with Crippen LogP contribution in [0.3, 0.4) is 0 Å². The predicted molar refractivity (Wildman–Crippen MR) is 75.3 cm³/mol. The number of aryl methyl sites for hydroxylation is 1. The van der Waals surface area contributed by atoms with Gasteiger partial charge in [0, 0.05) is 23.7 Å². The molecule has 1 N–H and O–H groups in total. The molecule has 0 radical (unpaired) electrons. The molecular formula is C14H13N5O2. The van der Waals surface area contributed by atoms with E-state index >= 15 is 0 Å². The molecule has 21 heavy (non-hydrogen) atoms. The summed E-state index contributed by atoms with van der Waals surface area (Å²) in [5.74, 6) is -0.279. The molecule has 0 aliphatic rings. The van der Waals surface area contributed by atoms with E-state index in [1.165, 1.54) is 0 Å². The summed E-state index contributed by atoms with van der Waals surface area (Å²) < 4.78 is 1.64. The molecule has 106 valence electrons. The van der Waals surface area contributed by atoms with Crippen molar-refractivity contribution in [2.45, 2.75) is 20.3 Å². The first-order valence-corrected chi connectivity index (χ1v) is 6.41. The highest BCUT2D eigenvalue weighted by Gasteiger charge is 2.16. The fourth-order valence-electron chi connectivity index (χ4n) is 2.27. The zero-order valence-corrected chi connectivity index (χ0v) is 11.6. The Balaban J connectivity index is 2.12. The van der Waals surface area contributed by atoms with Gasteiger partial charge in [0.1, 0.15) is 5.52 Å². The van der Waals surface area contributed by atoms with Gasteiger partial charge in [-0.1, -0.05) is 0 Å². The van der Waals surface area contributed by atoms with E-state index in [4.69, 9.17) is 5.11 Å². The van der Waals surface area contributed by atoms with Crippen molar-refractivity contribution in [1.82, 2.24) is 24.7 Å². The van der Waals surface area contributed by atoms with Crippen LogP contribution in [0.5, 0.6) is 0 Å². The summed E-state index contributed by atoms with van der Waals surface area (Å²) in [6, 6.07) is 3.61. The van der Waals surface area contributed by atoms with Crippen LogP contribution in [0.1, 0.15) is 17.0 Å². The molecule has 0 bridgehead atoms. The Kier molecular flexibility index (Phi) is 3.09. The van der Waals surface area contributed by atoms with Crippen LogP contribution in [0.15, 0.2) is 24.5 Å². The molecule has 0 saturated carbocycles. The number of pyridine rings is 1. The SMILES string of the molecule is Cc1nn(-c2ccc3nccnc3n2)c(C)c1CC(=O)O. The number of carbonyl (C=O) groups is 1. The van der Waals surface area contributed by atoms with E-state index in [1.807, 2.05) is 13.0 Å². The molecule has 0 fully saturated rings. The van der Waals surface area contributed by atoms with Crippen LogP contribution in [0, 0.1) is 13.8 Å². The molecule has 7 nitrogen and oxygen atoms in total. The van der Waals surface area contributed by atoms with Gasteiger partial charge < -0.3 is 5.11 Å². The van der Waals surface area contributed by atoms with Crippen molar-refractivity contribution in [3.8, 4) is 5.82 Å². The lowest BCUT2D eigenvalue weighted by atomic mass is 10.1.